The van der Waals surface area contributed by atoms with E-state index in [1.807, 2.05) is 19.2 Å². The Labute approximate surface area is 195 Å². The number of hydrogen-bond acceptors (Lipinski definition) is 3. The van der Waals surface area contributed by atoms with Gasteiger partial charge in [0.15, 0.2) is 5.96 Å². The molecule has 1 aliphatic rings. The van der Waals surface area contributed by atoms with Gasteiger partial charge in [-0.1, -0.05) is 29.8 Å². The molecule has 160 valence electrons. The summed E-state index contributed by atoms with van der Waals surface area (Å²) in [5, 5.41) is 3.48. The Morgan fingerprint density at radius 1 is 1.23 bits per heavy atom. The van der Waals surface area contributed by atoms with Crippen LogP contribution in [-0.2, 0) is 11.3 Å². The Kier molecular flexibility index (Phi) is 7.36. The first kappa shape index (κ1) is 22.6. The number of nitrogens with zero attached hydrogens (tertiary/aromatic N) is 4. The molecule has 0 spiro atoms. The largest absolute Gasteiger partial charge is 0.370 e. The van der Waals surface area contributed by atoms with Gasteiger partial charge >= 0.3 is 0 Å². The van der Waals surface area contributed by atoms with Gasteiger partial charge < -0.3 is 19.4 Å². The lowest BCUT2D eigenvalue weighted by Crippen LogP contribution is -2.48. The summed E-state index contributed by atoms with van der Waals surface area (Å²) in [5.41, 5.74) is 6.96. The zero-order valence-electron chi connectivity index (χ0n) is 18.1. The summed E-state index contributed by atoms with van der Waals surface area (Å²) in [6.45, 7) is 9.30. The monoisotopic (exact) mass is 519 g/mol. The van der Waals surface area contributed by atoms with Crippen molar-refractivity contribution in [1.82, 2.24) is 19.6 Å². The Hall–Kier alpha value is -2.13. The van der Waals surface area contributed by atoms with Crippen LogP contribution in [0.5, 0.6) is 0 Å². The number of nitrogens with one attached hydrogen (secondary N) is 1. The van der Waals surface area contributed by atoms with Crippen molar-refractivity contribution in [2.45, 2.75) is 33.4 Å². The van der Waals surface area contributed by atoms with Crippen molar-refractivity contribution in [2.75, 3.05) is 26.7 Å². The summed E-state index contributed by atoms with van der Waals surface area (Å²) in [6.07, 6.45) is 2.14. The molecule has 30 heavy (non-hydrogen) atoms. The third-order valence-corrected chi connectivity index (χ3v) is 5.52. The van der Waals surface area contributed by atoms with E-state index in [2.05, 4.69) is 70.8 Å². The highest BCUT2D eigenvalue weighted by atomic mass is 127. The minimum absolute atomic E-state index is 0. The van der Waals surface area contributed by atoms with Crippen LogP contribution in [0, 0.1) is 20.8 Å². The first-order valence-corrected chi connectivity index (χ1v) is 10.1. The number of halogens is 1. The Morgan fingerprint density at radius 3 is 2.80 bits per heavy atom. The Bertz CT molecular complexity index is 1050. The summed E-state index contributed by atoms with van der Waals surface area (Å²) in [4.78, 5) is 11.5. The molecule has 1 aromatic carbocycles. The van der Waals surface area contributed by atoms with E-state index >= 15 is 0 Å². The molecule has 0 aliphatic carbocycles. The zero-order chi connectivity index (χ0) is 20.4. The van der Waals surface area contributed by atoms with E-state index in [4.69, 9.17) is 9.72 Å². The van der Waals surface area contributed by atoms with Gasteiger partial charge in [-0.3, -0.25) is 4.99 Å². The third-order valence-electron chi connectivity index (χ3n) is 5.52. The maximum absolute atomic E-state index is 6.09. The lowest BCUT2D eigenvalue weighted by molar-refractivity contribution is -0.00834. The molecule has 1 N–H and O–H groups in total. The lowest BCUT2D eigenvalue weighted by atomic mass is 10.00. The van der Waals surface area contributed by atoms with Gasteiger partial charge in [0, 0.05) is 25.5 Å². The van der Waals surface area contributed by atoms with Crippen LogP contribution in [0.3, 0.4) is 0 Å². The van der Waals surface area contributed by atoms with Gasteiger partial charge in [-0.25, -0.2) is 4.98 Å². The fourth-order valence-corrected chi connectivity index (χ4v) is 4.00. The minimum Gasteiger partial charge on any atom is -0.370 e. The molecule has 7 heteroatoms. The topological polar surface area (TPSA) is 54.2 Å². The van der Waals surface area contributed by atoms with Gasteiger partial charge in [-0.2, -0.15) is 0 Å². The Morgan fingerprint density at radius 2 is 2.07 bits per heavy atom. The van der Waals surface area contributed by atoms with Gasteiger partial charge in [0.1, 0.15) is 11.8 Å². The quantitative estimate of drug-likeness (QED) is 0.323. The van der Waals surface area contributed by atoms with E-state index in [0.717, 1.165) is 30.4 Å². The Balaban J connectivity index is 0.00000256. The fourth-order valence-electron chi connectivity index (χ4n) is 4.00. The molecule has 3 aromatic rings. The van der Waals surface area contributed by atoms with Gasteiger partial charge in [-0.05, 0) is 44.0 Å². The highest BCUT2D eigenvalue weighted by molar-refractivity contribution is 14.0. The van der Waals surface area contributed by atoms with Crippen LogP contribution in [-0.4, -0.2) is 47.0 Å². The predicted octanol–water partition coefficient (Wildman–Crippen LogP) is 4.03. The molecule has 1 unspecified atom stereocenters. The van der Waals surface area contributed by atoms with E-state index in [1.54, 1.807) is 0 Å². The predicted molar refractivity (Wildman–Crippen MR) is 132 cm³/mol. The first-order valence-electron chi connectivity index (χ1n) is 10.1. The molecule has 3 heterocycles. The van der Waals surface area contributed by atoms with Crippen molar-refractivity contribution >= 4 is 35.6 Å². The zero-order valence-corrected chi connectivity index (χ0v) is 20.4. The number of aliphatic imine (C=N–C) groups is 1. The van der Waals surface area contributed by atoms with E-state index in [-0.39, 0.29) is 30.1 Å². The number of imidazole rings is 1. The molecule has 1 saturated heterocycles. The third kappa shape index (κ3) is 4.78. The molecular formula is C23H30IN5O. The fraction of sp³-hybridized carbons (Fsp3) is 0.391. The van der Waals surface area contributed by atoms with Crippen LogP contribution in [0.25, 0.3) is 5.65 Å². The van der Waals surface area contributed by atoms with Crippen molar-refractivity contribution in [3.05, 3.63) is 70.7 Å². The molecule has 0 bridgehead atoms. The molecule has 1 atom stereocenters. The van der Waals surface area contributed by atoms with Crippen molar-refractivity contribution in [1.29, 1.82) is 0 Å². The molecule has 0 amide bonds. The molecule has 0 radical (unpaired) electrons. The molecule has 2 aromatic heterocycles. The normalized spacial score (nSPS) is 17.1. The van der Waals surface area contributed by atoms with Gasteiger partial charge in [0.2, 0.25) is 0 Å². The number of hydrogen-bond donors (Lipinski definition) is 1. The molecule has 1 fully saturated rings. The number of pyridine rings is 1. The van der Waals surface area contributed by atoms with Crippen LogP contribution in [0.2, 0.25) is 0 Å². The highest BCUT2D eigenvalue weighted by Crippen LogP contribution is 2.26. The van der Waals surface area contributed by atoms with E-state index in [9.17, 15) is 0 Å². The summed E-state index contributed by atoms with van der Waals surface area (Å²) in [5.74, 6) is 0.886. The maximum Gasteiger partial charge on any atom is 0.194 e. The van der Waals surface area contributed by atoms with Crippen LogP contribution in [0.4, 0.5) is 0 Å². The van der Waals surface area contributed by atoms with Crippen molar-refractivity contribution < 1.29 is 4.74 Å². The minimum atomic E-state index is 0. The van der Waals surface area contributed by atoms with Crippen molar-refractivity contribution in [2.24, 2.45) is 4.99 Å². The second kappa shape index (κ2) is 9.78. The number of rotatable bonds is 3. The average molecular weight is 519 g/mol. The van der Waals surface area contributed by atoms with E-state index in [1.165, 1.54) is 22.4 Å². The standard InChI is InChI=1S/C23H29N5O.HI/c1-16-8-9-20(17(2)12-16)21-15-27(10-11-29-21)23(24-4)25-13-19-14-28-18(3)6-5-7-22(28)26-19;/h5-9,12,14,21H,10-11,13,15H2,1-4H3,(H,24,25);1H. The number of guanidine groups is 1. The van der Waals surface area contributed by atoms with Crippen molar-refractivity contribution in [3.8, 4) is 0 Å². The van der Waals surface area contributed by atoms with E-state index in [0.29, 0.717) is 13.2 Å². The molecule has 6 nitrogen and oxygen atoms in total. The summed E-state index contributed by atoms with van der Waals surface area (Å²) in [6, 6.07) is 12.7. The average Bonchev–Trinajstić information content (AvgIpc) is 3.13. The van der Waals surface area contributed by atoms with Crippen LogP contribution >= 0.6 is 24.0 Å². The number of aromatic nitrogens is 2. The molecular weight excluding hydrogens is 489 g/mol. The van der Waals surface area contributed by atoms with E-state index < -0.39 is 0 Å². The highest BCUT2D eigenvalue weighted by Gasteiger charge is 2.25. The number of morpholine rings is 1. The first-order chi connectivity index (χ1) is 14.0. The summed E-state index contributed by atoms with van der Waals surface area (Å²) >= 11 is 0. The number of fused-ring (bicyclic) bond motifs is 1. The van der Waals surface area contributed by atoms with Crippen molar-refractivity contribution in [3.63, 3.8) is 0 Å². The van der Waals surface area contributed by atoms with Crippen LogP contribution in [0.1, 0.15) is 34.2 Å². The maximum atomic E-state index is 6.09. The van der Waals surface area contributed by atoms with Gasteiger partial charge in [0.25, 0.3) is 0 Å². The summed E-state index contributed by atoms with van der Waals surface area (Å²) < 4.78 is 8.20. The molecule has 1 aliphatic heterocycles. The lowest BCUT2D eigenvalue weighted by Gasteiger charge is -2.35. The second-order valence-corrected chi connectivity index (χ2v) is 7.69. The second-order valence-electron chi connectivity index (χ2n) is 7.69. The summed E-state index contributed by atoms with van der Waals surface area (Å²) in [7, 11) is 1.83. The number of aryl methyl sites for hydroxylation is 3. The van der Waals surface area contributed by atoms with Crippen LogP contribution < -0.4 is 5.32 Å². The molecule has 4 rings (SSSR count). The molecule has 0 saturated carbocycles. The number of ether oxygens (including phenoxy) is 1. The van der Waals surface area contributed by atoms with Crippen LogP contribution in [0.15, 0.2) is 47.6 Å². The smallest absolute Gasteiger partial charge is 0.194 e. The van der Waals surface area contributed by atoms with Gasteiger partial charge in [0.05, 0.1) is 25.4 Å². The number of benzene rings is 1. The van der Waals surface area contributed by atoms with Gasteiger partial charge in [-0.15, -0.1) is 24.0 Å². The SMILES string of the molecule is CN=C(NCc1cn2c(C)cccc2n1)N1CCOC(c2ccc(C)cc2C)C1.I.